The standard InChI is InChI=1S/C24H31NO2/c1-17-15-20-16-21(27-3)9-10-22(20)23(26)24(17,2)25-13-11-19(12-14-25)18-7-5-4-6-8-18/h4-10,16-17,19,23,26H,11-15H2,1-3H3. The first-order valence-corrected chi connectivity index (χ1v) is 10.2. The molecule has 0 aromatic heterocycles. The third-order valence-electron chi connectivity index (χ3n) is 7.17. The lowest BCUT2D eigenvalue weighted by molar-refractivity contribution is -0.0746. The predicted octanol–water partition coefficient (Wildman–Crippen LogP) is 4.56. The maximum absolute atomic E-state index is 11.4. The fourth-order valence-corrected chi connectivity index (χ4v) is 5.18. The van der Waals surface area contributed by atoms with Crippen LogP contribution >= 0.6 is 0 Å². The molecule has 1 fully saturated rings. The van der Waals surface area contributed by atoms with Gasteiger partial charge in [-0.3, -0.25) is 4.90 Å². The van der Waals surface area contributed by atoms with Crippen LogP contribution < -0.4 is 4.74 Å². The van der Waals surface area contributed by atoms with Crippen LogP contribution in [0.25, 0.3) is 0 Å². The quantitative estimate of drug-likeness (QED) is 0.865. The molecule has 3 nitrogen and oxygen atoms in total. The van der Waals surface area contributed by atoms with Crippen molar-refractivity contribution in [2.45, 2.75) is 50.7 Å². The first-order chi connectivity index (χ1) is 13.0. The fourth-order valence-electron chi connectivity index (χ4n) is 5.18. The molecule has 2 aromatic carbocycles. The van der Waals surface area contributed by atoms with Gasteiger partial charge in [-0.15, -0.1) is 0 Å². The van der Waals surface area contributed by atoms with Gasteiger partial charge in [0.05, 0.1) is 18.8 Å². The SMILES string of the molecule is COc1ccc2c(c1)CC(C)C(C)(N1CCC(c3ccccc3)CC1)C2O. The summed E-state index contributed by atoms with van der Waals surface area (Å²) in [6.45, 7) is 6.64. The van der Waals surface area contributed by atoms with Gasteiger partial charge in [0, 0.05) is 0 Å². The second-order valence-corrected chi connectivity index (χ2v) is 8.47. The number of hydrogen-bond acceptors (Lipinski definition) is 3. The molecular weight excluding hydrogens is 334 g/mol. The molecule has 0 amide bonds. The number of aliphatic hydroxyl groups is 1. The van der Waals surface area contributed by atoms with E-state index in [2.05, 4.69) is 61.2 Å². The molecule has 0 saturated carbocycles. The van der Waals surface area contributed by atoms with Gasteiger partial charge in [0.15, 0.2) is 0 Å². The lowest BCUT2D eigenvalue weighted by Crippen LogP contribution is -2.59. The van der Waals surface area contributed by atoms with E-state index < -0.39 is 6.10 Å². The lowest BCUT2D eigenvalue weighted by Gasteiger charge is -2.53. The van der Waals surface area contributed by atoms with E-state index in [1.165, 1.54) is 11.1 Å². The summed E-state index contributed by atoms with van der Waals surface area (Å²) in [5, 5.41) is 11.4. The van der Waals surface area contributed by atoms with Crippen LogP contribution in [0.1, 0.15) is 55.4 Å². The molecule has 3 heteroatoms. The molecule has 2 aromatic rings. The van der Waals surface area contributed by atoms with Crippen molar-refractivity contribution in [3.8, 4) is 5.75 Å². The Kier molecular flexibility index (Phi) is 5.00. The van der Waals surface area contributed by atoms with Crippen LogP contribution in [-0.2, 0) is 6.42 Å². The van der Waals surface area contributed by atoms with E-state index >= 15 is 0 Å². The Balaban J connectivity index is 1.54. The molecule has 144 valence electrons. The van der Waals surface area contributed by atoms with Crippen LogP contribution in [0.2, 0.25) is 0 Å². The number of ether oxygens (including phenoxy) is 1. The Bertz CT molecular complexity index is 782. The number of nitrogens with zero attached hydrogens (tertiary/aromatic N) is 1. The van der Waals surface area contributed by atoms with Gasteiger partial charge in [0.2, 0.25) is 0 Å². The van der Waals surface area contributed by atoms with Gasteiger partial charge in [-0.2, -0.15) is 0 Å². The largest absolute Gasteiger partial charge is 0.497 e. The van der Waals surface area contributed by atoms with E-state index in [1.807, 2.05) is 6.07 Å². The monoisotopic (exact) mass is 365 g/mol. The lowest BCUT2D eigenvalue weighted by atomic mass is 9.68. The maximum Gasteiger partial charge on any atom is 0.119 e. The molecule has 0 bridgehead atoms. The molecule has 0 radical (unpaired) electrons. The number of rotatable bonds is 3. The normalized spacial score (nSPS) is 29.3. The van der Waals surface area contributed by atoms with Crippen LogP contribution in [-0.4, -0.2) is 35.7 Å². The van der Waals surface area contributed by atoms with Crippen LogP contribution in [0.3, 0.4) is 0 Å². The Labute approximate surface area is 163 Å². The number of methoxy groups -OCH3 is 1. The fraction of sp³-hybridized carbons (Fsp3) is 0.500. The van der Waals surface area contributed by atoms with Crippen molar-refractivity contribution in [1.29, 1.82) is 0 Å². The van der Waals surface area contributed by atoms with Gasteiger partial charge >= 0.3 is 0 Å². The van der Waals surface area contributed by atoms with Gasteiger partial charge in [-0.25, -0.2) is 0 Å². The number of fused-ring (bicyclic) bond motifs is 1. The maximum atomic E-state index is 11.4. The molecular formula is C24H31NO2. The van der Waals surface area contributed by atoms with E-state index in [9.17, 15) is 5.11 Å². The van der Waals surface area contributed by atoms with E-state index in [0.29, 0.717) is 11.8 Å². The van der Waals surface area contributed by atoms with E-state index in [-0.39, 0.29) is 5.54 Å². The molecule has 1 aliphatic heterocycles. The zero-order valence-corrected chi connectivity index (χ0v) is 16.7. The van der Waals surface area contributed by atoms with Crippen LogP contribution in [0.4, 0.5) is 0 Å². The van der Waals surface area contributed by atoms with E-state index in [0.717, 1.165) is 43.7 Å². The highest BCUT2D eigenvalue weighted by Gasteiger charge is 2.48. The topological polar surface area (TPSA) is 32.7 Å². The molecule has 1 saturated heterocycles. The smallest absolute Gasteiger partial charge is 0.119 e. The minimum absolute atomic E-state index is 0.219. The average molecular weight is 366 g/mol. The second-order valence-electron chi connectivity index (χ2n) is 8.47. The summed E-state index contributed by atoms with van der Waals surface area (Å²) in [5.74, 6) is 1.90. The van der Waals surface area contributed by atoms with Crippen molar-refractivity contribution in [2.75, 3.05) is 20.2 Å². The summed E-state index contributed by atoms with van der Waals surface area (Å²) in [4.78, 5) is 2.55. The Morgan fingerprint density at radius 3 is 2.44 bits per heavy atom. The summed E-state index contributed by atoms with van der Waals surface area (Å²) in [5.41, 5.74) is 3.54. The minimum atomic E-state index is -0.463. The van der Waals surface area contributed by atoms with Crippen LogP contribution in [0.15, 0.2) is 48.5 Å². The van der Waals surface area contributed by atoms with Gasteiger partial charge in [0.1, 0.15) is 5.75 Å². The number of benzene rings is 2. The molecule has 1 aliphatic carbocycles. The summed E-state index contributed by atoms with van der Waals surface area (Å²) < 4.78 is 5.38. The zero-order chi connectivity index (χ0) is 19.0. The van der Waals surface area contributed by atoms with E-state index in [4.69, 9.17) is 4.74 Å². The predicted molar refractivity (Wildman–Crippen MR) is 109 cm³/mol. The minimum Gasteiger partial charge on any atom is -0.497 e. The van der Waals surface area contributed by atoms with Gasteiger partial charge in [-0.05, 0) is 79.9 Å². The van der Waals surface area contributed by atoms with E-state index in [1.54, 1.807) is 7.11 Å². The van der Waals surface area contributed by atoms with Crippen molar-refractivity contribution in [2.24, 2.45) is 5.92 Å². The van der Waals surface area contributed by atoms with Gasteiger partial charge in [0.25, 0.3) is 0 Å². The van der Waals surface area contributed by atoms with Crippen molar-refractivity contribution < 1.29 is 9.84 Å². The molecule has 3 unspecified atom stereocenters. The first-order valence-electron chi connectivity index (χ1n) is 10.2. The molecule has 1 N–H and O–H groups in total. The van der Waals surface area contributed by atoms with Crippen molar-refractivity contribution >= 4 is 0 Å². The van der Waals surface area contributed by atoms with Crippen molar-refractivity contribution in [1.82, 2.24) is 4.90 Å². The highest BCUT2D eigenvalue weighted by atomic mass is 16.5. The molecule has 3 atom stereocenters. The van der Waals surface area contributed by atoms with Crippen molar-refractivity contribution in [3.63, 3.8) is 0 Å². The first kappa shape index (κ1) is 18.5. The Hall–Kier alpha value is -1.84. The zero-order valence-electron chi connectivity index (χ0n) is 16.7. The van der Waals surface area contributed by atoms with Gasteiger partial charge in [-0.1, -0.05) is 43.3 Å². The molecule has 27 heavy (non-hydrogen) atoms. The van der Waals surface area contributed by atoms with Crippen molar-refractivity contribution in [3.05, 3.63) is 65.2 Å². The number of aliphatic hydroxyl groups excluding tert-OH is 1. The summed E-state index contributed by atoms with van der Waals surface area (Å²) >= 11 is 0. The summed E-state index contributed by atoms with van der Waals surface area (Å²) in [7, 11) is 1.70. The summed E-state index contributed by atoms with van der Waals surface area (Å²) in [6.07, 6.45) is 2.84. The number of hydrogen-bond donors (Lipinski definition) is 1. The second kappa shape index (κ2) is 7.29. The Morgan fingerprint density at radius 1 is 1.07 bits per heavy atom. The third kappa shape index (κ3) is 3.17. The van der Waals surface area contributed by atoms with Crippen LogP contribution in [0, 0.1) is 5.92 Å². The third-order valence-corrected chi connectivity index (χ3v) is 7.17. The average Bonchev–Trinajstić information content (AvgIpc) is 2.72. The molecule has 1 heterocycles. The molecule has 0 spiro atoms. The molecule has 2 aliphatic rings. The summed E-state index contributed by atoms with van der Waals surface area (Å²) in [6, 6.07) is 17.0. The number of likely N-dealkylation sites (tertiary alicyclic amines) is 1. The highest BCUT2D eigenvalue weighted by Crippen LogP contribution is 2.47. The number of piperidine rings is 1. The molecule has 4 rings (SSSR count). The van der Waals surface area contributed by atoms with Gasteiger partial charge < -0.3 is 9.84 Å². The van der Waals surface area contributed by atoms with Crippen LogP contribution in [0.5, 0.6) is 5.75 Å². The highest BCUT2D eigenvalue weighted by molar-refractivity contribution is 5.41. The Morgan fingerprint density at radius 2 is 1.78 bits per heavy atom.